The van der Waals surface area contributed by atoms with Gasteiger partial charge in [-0.15, -0.1) is 0 Å². The first-order valence-corrected chi connectivity index (χ1v) is 3.31. The van der Waals surface area contributed by atoms with Crippen LogP contribution in [-0.4, -0.2) is 13.5 Å². The lowest BCUT2D eigenvalue weighted by atomic mass is 10.3. The molecule has 0 aliphatic heterocycles. The largest absolute Gasteiger partial charge is 0.497 e. The van der Waals surface area contributed by atoms with Gasteiger partial charge in [0.2, 0.25) is 6.41 Å². The van der Waals surface area contributed by atoms with E-state index in [2.05, 4.69) is 5.32 Å². The van der Waals surface area contributed by atoms with E-state index in [0.29, 0.717) is 17.8 Å². The van der Waals surface area contributed by atoms with Crippen LogP contribution < -0.4 is 10.1 Å². The van der Waals surface area contributed by atoms with Crippen LogP contribution in [0.4, 0.5) is 10.1 Å². The molecular weight excluding hydrogens is 161 g/mol. The Morgan fingerprint density at radius 2 is 2.25 bits per heavy atom. The number of nitrogens with one attached hydrogen (secondary N) is 1. The molecule has 0 radical (unpaired) electrons. The van der Waals surface area contributed by atoms with Gasteiger partial charge in [-0.1, -0.05) is 0 Å². The third kappa shape index (κ3) is 1.95. The Kier molecular flexibility index (Phi) is 2.63. The first-order valence-electron chi connectivity index (χ1n) is 3.31. The summed E-state index contributed by atoms with van der Waals surface area (Å²) < 4.78 is 17.5. The summed E-state index contributed by atoms with van der Waals surface area (Å²) in [5, 5.41) is 2.32. The molecule has 0 aliphatic rings. The summed E-state index contributed by atoms with van der Waals surface area (Å²) in [4.78, 5) is 10.0. The topological polar surface area (TPSA) is 38.3 Å². The van der Waals surface area contributed by atoms with Gasteiger partial charge in [0.1, 0.15) is 11.6 Å². The van der Waals surface area contributed by atoms with Gasteiger partial charge >= 0.3 is 0 Å². The zero-order valence-corrected chi connectivity index (χ0v) is 6.50. The van der Waals surface area contributed by atoms with Gasteiger partial charge in [-0.05, 0) is 6.07 Å². The standard InChI is InChI=1S/C8H8FNO2/c1-12-8-3-6(9)2-7(4-8)10-5-11/h2-5H,1H3,(H,10,11). The van der Waals surface area contributed by atoms with Gasteiger partial charge < -0.3 is 10.1 Å². The molecular formula is C8H8FNO2. The molecule has 0 bridgehead atoms. The quantitative estimate of drug-likeness (QED) is 0.694. The van der Waals surface area contributed by atoms with Crippen molar-refractivity contribution in [1.82, 2.24) is 0 Å². The molecule has 64 valence electrons. The summed E-state index contributed by atoms with van der Waals surface area (Å²) in [6.07, 6.45) is 0.480. The average molecular weight is 169 g/mol. The average Bonchev–Trinajstić information content (AvgIpc) is 2.04. The second-order valence-electron chi connectivity index (χ2n) is 2.14. The number of carbonyl (C=O) groups excluding carboxylic acids is 1. The third-order valence-electron chi connectivity index (χ3n) is 1.33. The van der Waals surface area contributed by atoms with Crippen molar-refractivity contribution in [2.24, 2.45) is 0 Å². The minimum Gasteiger partial charge on any atom is -0.497 e. The molecule has 1 N–H and O–H groups in total. The molecule has 1 rings (SSSR count). The van der Waals surface area contributed by atoms with E-state index >= 15 is 0 Å². The Hall–Kier alpha value is -1.58. The van der Waals surface area contributed by atoms with Crippen LogP contribution in [0, 0.1) is 5.82 Å². The zero-order valence-electron chi connectivity index (χ0n) is 6.50. The molecule has 1 amide bonds. The fourth-order valence-corrected chi connectivity index (χ4v) is 0.832. The molecule has 0 spiro atoms. The molecule has 12 heavy (non-hydrogen) atoms. The number of hydrogen-bond donors (Lipinski definition) is 1. The molecule has 0 saturated carbocycles. The minimum absolute atomic E-state index is 0.374. The maximum absolute atomic E-state index is 12.7. The van der Waals surface area contributed by atoms with Gasteiger partial charge in [0.15, 0.2) is 0 Å². The molecule has 0 unspecified atom stereocenters. The number of amides is 1. The predicted molar refractivity (Wildman–Crippen MR) is 42.6 cm³/mol. The lowest BCUT2D eigenvalue weighted by Crippen LogP contribution is -1.95. The van der Waals surface area contributed by atoms with Gasteiger partial charge in [-0.3, -0.25) is 4.79 Å². The summed E-state index contributed by atoms with van der Waals surface area (Å²) in [5.74, 6) is -0.0712. The molecule has 1 aromatic rings. The summed E-state index contributed by atoms with van der Waals surface area (Å²) in [5.41, 5.74) is 0.377. The number of halogens is 1. The highest BCUT2D eigenvalue weighted by atomic mass is 19.1. The van der Waals surface area contributed by atoms with Crippen LogP contribution in [0.1, 0.15) is 0 Å². The molecule has 4 heteroatoms. The van der Waals surface area contributed by atoms with Crippen molar-refractivity contribution in [2.75, 3.05) is 12.4 Å². The van der Waals surface area contributed by atoms with Gasteiger partial charge in [0, 0.05) is 17.8 Å². The monoisotopic (exact) mass is 169 g/mol. The number of anilines is 1. The number of ether oxygens (including phenoxy) is 1. The lowest BCUT2D eigenvalue weighted by Gasteiger charge is -2.02. The van der Waals surface area contributed by atoms with Crippen LogP contribution in [0.5, 0.6) is 5.75 Å². The summed E-state index contributed by atoms with van der Waals surface area (Å²) >= 11 is 0. The highest BCUT2D eigenvalue weighted by molar-refractivity contribution is 5.71. The van der Waals surface area contributed by atoms with Crippen LogP contribution in [-0.2, 0) is 4.79 Å². The van der Waals surface area contributed by atoms with E-state index in [-0.39, 0.29) is 0 Å². The molecule has 3 nitrogen and oxygen atoms in total. The van der Waals surface area contributed by atoms with Crippen LogP contribution in [0.3, 0.4) is 0 Å². The minimum atomic E-state index is -0.446. The van der Waals surface area contributed by atoms with Crippen LogP contribution in [0.15, 0.2) is 18.2 Å². The van der Waals surface area contributed by atoms with E-state index in [1.807, 2.05) is 0 Å². The highest BCUT2D eigenvalue weighted by Gasteiger charge is 1.98. The summed E-state index contributed by atoms with van der Waals surface area (Å²) in [6.45, 7) is 0. The fraction of sp³-hybridized carbons (Fsp3) is 0.125. The first-order chi connectivity index (χ1) is 5.76. The number of carbonyl (C=O) groups is 1. The van der Waals surface area contributed by atoms with Gasteiger partial charge in [0.25, 0.3) is 0 Å². The first kappa shape index (κ1) is 8.52. The summed E-state index contributed by atoms with van der Waals surface area (Å²) in [7, 11) is 1.43. The fourth-order valence-electron chi connectivity index (χ4n) is 0.832. The Balaban J connectivity index is 2.97. The third-order valence-corrected chi connectivity index (χ3v) is 1.33. The van der Waals surface area contributed by atoms with Gasteiger partial charge in [-0.25, -0.2) is 4.39 Å². The molecule has 0 atom stereocenters. The number of rotatable bonds is 3. The van der Waals surface area contributed by atoms with Crippen molar-refractivity contribution in [3.63, 3.8) is 0 Å². The van der Waals surface area contributed by atoms with Gasteiger partial charge in [-0.2, -0.15) is 0 Å². The Morgan fingerprint density at radius 3 is 2.83 bits per heavy atom. The van der Waals surface area contributed by atoms with E-state index in [4.69, 9.17) is 4.74 Å². The van der Waals surface area contributed by atoms with Crippen LogP contribution >= 0.6 is 0 Å². The second kappa shape index (κ2) is 3.71. The molecule has 0 aromatic heterocycles. The van der Waals surface area contributed by atoms with Gasteiger partial charge in [0.05, 0.1) is 7.11 Å². The van der Waals surface area contributed by atoms with Crippen LogP contribution in [0.2, 0.25) is 0 Å². The van der Waals surface area contributed by atoms with Crippen molar-refractivity contribution < 1.29 is 13.9 Å². The second-order valence-corrected chi connectivity index (χ2v) is 2.14. The Morgan fingerprint density at radius 1 is 1.50 bits per heavy atom. The Bertz CT molecular complexity index is 288. The normalized spacial score (nSPS) is 9.17. The molecule has 0 saturated heterocycles. The van der Waals surface area contributed by atoms with Crippen molar-refractivity contribution in [3.05, 3.63) is 24.0 Å². The lowest BCUT2D eigenvalue weighted by molar-refractivity contribution is -0.105. The number of hydrogen-bond acceptors (Lipinski definition) is 2. The zero-order chi connectivity index (χ0) is 8.97. The van der Waals surface area contributed by atoms with E-state index in [9.17, 15) is 9.18 Å². The van der Waals surface area contributed by atoms with E-state index in [0.717, 1.165) is 0 Å². The predicted octanol–water partition coefficient (Wildman–Crippen LogP) is 1.40. The van der Waals surface area contributed by atoms with Crippen molar-refractivity contribution in [2.45, 2.75) is 0 Å². The van der Waals surface area contributed by atoms with Crippen molar-refractivity contribution in [1.29, 1.82) is 0 Å². The van der Waals surface area contributed by atoms with Crippen molar-refractivity contribution in [3.8, 4) is 5.75 Å². The van der Waals surface area contributed by atoms with Crippen LogP contribution in [0.25, 0.3) is 0 Å². The maximum Gasteiger partial charge on any atom is 0.211 e. The molecule has 0 aliphatic carbocycles. The number of benzene rings is 1. The van der Waals surface area contributed by atoms with E-state index in [1.54, 1.807) is 0 Å². The Labute approximate surface area is 69.2 Å². The van der Waals surface area contributed by atoms with Crippen molar-refractivity contribution >= 4 is 12.1 Å². The molecule has 1 aromatic carbocycles. The molecule has 0 heterocycles. The summed E-state index contributed by atoms with van der Waals surface area (Å²) in [6, 6.07) is 3.96. The maximum atomic E-state index is 12.7. The SMILES string of the molecule is COc1cc(F)cc(NC=O)c1. The highest BCUT2D eigenvalue weighted by Crippen LogP contribution is 2.18. The number of methoxy groups -OCH3 is 1. The molecule has 0 fully saturated rings. The smallest absolute Gasteiger partial charge is 0.211 e. The van der Waals surface area contributed by atoms with E-state index in [1.165, 1.54) is 25.3 Å². The van der Waals surface area contributed by atoms with E-state index < -0.39 is 5.82 Å².